The SMILES string of the molecule is CCC(=S)N=C(N)c1cccc(N(CC(=O)Nc2ccc(-c3ccccc3S(N)(=O)=O)cc2)C(C)CC)c1. The third kappa shape index (κ3) is 7.47. The van der Waals surface area contributed by atoms with Gasteiger partial charge in [0.15, 0.2) is 0 Å². The highest BCUT2D eigenvalue weighted by molar-refractivity contribution is 7.89. The second-order valence-electron chi connectivity index (χ2n) is 8.85. The van der Waals surface area contributed by atoms with Crippen LogP contribution >= 0.6 is 12.2 Å². The van der Waals surface area contributed by atoms with E-state index in [0.717, 1.165) is 17.7 Å². The smallest absolute Gasteiger partial charge is 0.243 e. The van der Waals surface area contributed by atoms with E-state index in [0.29, 0.717) is 34.1 Å². The number of primary sulfonamides is 1. The lowest BCUT2D eigenvalue weighted by Crippen LogP contribution is -2.39. The van der Waals surface area contributed by atoms with Gasteiger partial charge >= 0.3 is 0 Å². The monoisotopic (exact) mass is 551 g/mol. The number of amides is 1. The van der Waals surface area contributed by atoms with Crippen molar-refractivity contribution in [2.45, 2.75) is 44.6 Å². The summed E-state index contributed by atoms with van der Waals surface area (Å²) in [6, 6.07) is 21.2. The molecule has 0 saturated carbocycles. The van der Waals surface area contributed by atoms with E-state index < -0.39 is 10.0 Å². The number of anilines is 2. The maximum absolute atomic E-state index is 13.0. The summed E-state index contributed by atoms with van der Waals surface area (Å²) in [7, 11) is -3.87. The van der Waals surface area contributed by atoms with Crippen molar-refractivity contribution in [1.82, 2.24) is 0 Å². The minimum absolute atomic E-state index is 0.0467. The Hall–Kier alpha value is -3.60. The maximum atomic E-state index is 13.0. The van der Waals surface area contributed by atoms with Gasteiger partial charge in [0.1, 0.15) is 10.8 Å². The number of hydrogen-bond donors (Lipinski definition) is 3. The Balaban J connectivity index is 1.79. The van der Waals surface area contributed by atoms with E-state index >= 15 is 0 Å². The van der Waals surface area contributed by atoms with E-state index in [9.17, 15) is 13.2 Å². The summed E-state index contributed by atoms with van der Waals surface area (Å²) in [6.07, 6.45) is 1.47. The third-order valence-corrected chi connectivity index (χ3v) is 7.48. The van der Waals surface area contributed by atoms with Gasteiger partial charge < -0.3 is 16.0 Å². The van der Waals surface area contributed by atoms with E-state index in [1.54, 1.807) is 42.5 Å². The number of nitrogens with zero attached hydrogens (tertiary/aromatic N) is 2. The molecule has 1 amide bonds. The van der Waals surface area contributed by atoms with Crippen LogP contribution in [-0.4, -0.2) is 37.7 Å². The number of carbonyl (C=O) groups is 1. The minimum Gasteiger partial charge on any atom is -0.383 e. The number of amidine groups is 1. The minimum atomic E-state index is -3.87. The van der Waals surface area contributed by atoms with E-state index in [-0.39, 0.29) is 23.4 Å². The van der Waals surface area contributed by atoms with Gasteiger partial charge in [0.05, 0.1) is 11.4 Å². The molecule has 5 N–H and O–H groups in total. The lowest BCUT2D eigenvalue weighted by molar-refractivity contribution is -0.115. The van der Waals surface area contributed by atoms with Crippen LogP contribution in [0.5, 0.6) is 0 Å². The quantitative estimate of drug-likeness (QED) is 0.190. The van der Waals surface area contributed by atoms with Crippen LogP contribution < -0.4 is 21.1 Å². The average Bonchev–Trinajstić information content (AvgIpc) is 2.91. The lowest BCUT2D eigenvalue weighted by Gasteiger charge is -2.30. The number of carbonyl (C=O) groups excluding carboxylic acids is 1. The molecule has 3 rings (SSSR count). The molecule has 200 valence electrons. The fraction of sp³-hybridized carbons (Fsp3) is 0.250. The second kappa shape index (κ2) is 12.8. The summed E-state index contributed by atoms with van der Waals surface area (Å²) in [5, 5.41) is 8.29. The van der Waals surface area contributed by atoms with Crippen molar-refractivity contribution < 1.29 is 13.2 Å². The zero-order chi connectivity index (χ0) is 27.9. The summed E-state index contributed by atoms with van der Waals surface area (Å²) >= 11 is 5.19. The number of benzene rings is 3. The van der Waals surface area contributed by atoms with E-state index in [1.807, 2.05) is 36.1 Å². The molecule has 0 aliphatic rings. The number of nitrogens with two attached hydrogens (primary N) is 2. The molecule has 0 saturated heterocycles. The van der Waals surface area contributed by atoms with Crippen LogP contribution in [0.2, 0.25) is 0 Å². The summed E-state index contributed by atoms with van der Waals surface area (Å²) < 4.78 is 23.9. The Morgan fingerprint density at radius 2 is 1.74 bits per heavy atom. The van der Waals surface area contributed by atoms with E-state index in [4.69, 9.17) is 23.1 Å². The molecule has 38 heavy (non-hydrogen) atoms. The molecule has 10 heteroatoms. The molecule has 0 aliphatic heterocycles. The fourth-order valence-corrected chi connectivity index (χ4v) is 4.74. The highest BCUT2D eigenvalue weighted by Crippen LogP contribution is 2.28. The molecule has 8 nitrogen and oxygen atoms in total. The van der Waals surface area contributed by atoms with Crippen LogP contribution in [0.4, 0.5) is 11.4 Å². The first-order valence-electron chi connectivity index (χ1n) is 12.3. The molecular weight excluding hydrogens is 518 g/mol. The highest BCUT2D eigenvalue weighted by atomic mass is 32.2. The molecule has 1 atom stereocenters. The second-order valence-corrected chi connectivity index (χ2v) is 10.8. The molecular formula is C28H33N5O3S2. The summed E-state index contributed by atoms with van der Waals surface area (Å²) in [5.74, 6) is 0.151. The summed E-state index contributed by atoms with van der Waals surface area (Å²) in [5.41, 5.74) is 9.52. The molecule has 0 heterocycles. The van der Waals surface area contributed by atoms with Crippen LogP contribution in [0.15, 0.2) is 82.7 Å². The molecule has 1 unspecified atom stereocenters. The van der Waals surface area contributed by atoms with Gasteiger partial charge in [-0.15, -0.1) is 0 Å². The summed E-state index contributed by atoms with van der Waals surface area (Å²) in [4.78, 5) is 19.9. The Morgan fingerprint density at radius 1 is 1.05 bits per heavy atom. The van der Waals surface area contributed by atoms with Crippen molar-refractivity contribution in [3.05, 3.63) is 78.4 Å². The predicted octanol–water partition coefficient (Wildman–Crippen LogP) is 4.69. The highest BCUT2D eigenvalue weighted by Gasteiger charge is 2.19. The van der Waals surface area contributed by atoms with Gasteiger partial charge in [0.2, 0.25) is 15.9 Å². The van der Waals surface area contributed by atoms with E-state index in [2.05, 4.69) is 24.2 Å². The normalized spacial score (nSPS) is 12.6. The Kier molecular flexibility index (Phi) is 9.73. The third-order valence-electron chi connectivity index (χ3n) is 6.13. The average molecular weight is 552 g/mol. The van der Waals surface area contributed by atoms with Gasteiger partial charge in [0, 0.05) is 28.5 Å². The molecule has 0 bridgehead atoms. The number of sulfonamides is 1. The largest absolute Gasteiger partial charge is 0.383 e. The van der Waals surface area contributed by atoms with Gasteiger partial charge in [-0.05, 0) is 55.7 Å². The van der Waals surface area contributed by atoms with Crippen molar-refractivity contribution in [1.29, 1.82) is 0 Å². The molecule has 0 aliphatic carbocycles. The Morgan fingerprint density at radius 3 is 2.37 bits per heavy atom. The van der Waals surface area contributed by atoms with Crippen molar-refractivity contribution in [2.24, 2.45) is 15.9 Å². The molecule has 0 fully saturated rings. The maximum Gasteiger partial charge on any atom is 0.243 e. The molecule has 0 aromatic heterocycles. The molecule has 3 aromatic rings. The van der Waals surface area contributed by atoms with Gasteiger partial charge in [-0.1, -0.05) is 68.5 Å². The number of thiocarbonyl (C=S) groups is 1. The van der Waals surface area contributed by atoms with Gasteiger partial charge in [-0.3, -0.25) is 4.79 Å². The fourth-order valence-electron chi connectivity index (χ4n) is 3.89. The van der Waals surface area contributed by atoms with Gasteiger partial charge in [-0.25, -0.2) is 18.5 Å². The van der Waals surface area contributed by atoms with Crippen molar-refractivity contribution in [3.8, 4) is 11.1 Å². The number of nitrogens with one attached hydrogen (secondary N) is 1. The van der Waals surface area contributed by atoms with Crippen LogP contribution in [0.3, 0.4) is 0 Å². The number of aliphatic imine (C=N–C) groups is 1. The van der Waals surface area contributed by atoms with Crippen molar-refractivity contribution in [2.75, 3.05) is 16.8 Å². The lowest BCUT2D eigenvalue weighted by atomic mass is 10.1. The number of rotatable bonds is 10. The van der Waals surface area contributed by atoms with E-state index in [1.165, 1.54) is 6.07 Å². The molecule has 0 radical (unpaired) electrons. The Bertz CT molecular complexity index is 1440. The zero-order valence-corrected chi connectivity index (χ0v) is 23.4. The molecule has 0 spiro atoms. The first kappa shape index (κ1) is 29.0. The van der Waals surface area contributed by atoms with Crippen LogP contribution in [0.25, 0.3) is 11.1 Å². The zero-order valence-electron chi connectivity index (χ0n) is 21.7. The Labute approximate surface area is 229 Å². The summed E-state index contributed by atoms with van der Waals surface area (Å²) in [6.45, 7) is 6.17. The topological polar surface area (TPSA) is 131 Å². The predicted molar refractivity (Wildman–Crippen MR) is 159 cm³/mol. The first-order valence-corrected chi connectivity index (χ1v) is 14.2. The van der Waals surface area contributed by atoms with Crippen LogP contribution in [0, 0.1) is 0 Å². The van der Waals surface area contributed by atoms with Crippen LogP contribution in [-0.2, 0) is 14.8 Å². The van der Waals surface area contributed by atoms with Crippen molar-refractivity contribution in [3.63, 3.8) is 0 Å². The standard InChI is InChI=1S/C28H33N5O3S2/c1-4-19(3)33(23-10-8-9-21(17-23)28(29)32-27(37)5-2)18-26(34)31-22-15-13-20(14-16-22)24-11-6-7-12-25(24)38(30,35)36/h6-17,19H,4-5,18H2,1-3H3,(H,31,34)(H2,29,32,37)(H2,30,35,36). The van der Waals surface area contributed by atoms with Crippen molar-refractivity contribution >= 4 is 50.3 Å². The van der Waals surface area contributed by atoms with Gasteiger partial charge in [-0.2, -0.15) is 0 Å². The molecule has 3 aromatic carbocycles. The first-order chi connectivity index (χ1) is 18.0. The van der Waals surface area contributed by atoms with Crippen LogP contribution in [0.1, 0.15) is 39.2 Å². The number of hydrogen-bond acceptors (Lipinski definition) is 5. The van der Waals surface area contributed by atoms with Gasteiger partial charge in [0.25, 0.3) is 0 Å².